The fraction of sp³-hybridized carbons (Fsp3) is 0. The van der Waals surface area contributed by atoms with Crippen LogP contribution in [0, 0.1) is 20.2 Å². The van der Waals surface area contributed by atoms with Gasteiger partial charge < -0.3 is 0 Å². The molecule has 0 fully saturated rings. The predicted octanol–water partition coefficient (Wildman–Crippen LogP) is 1.76. The van der Waals surface area contributed by atoms with Crippen molar-refractivity contribution >= 4 is 37.9 Å². The molecule has 1 heterocycles. The second-order valence-corrected chi connectivity index (χ2v) is 6.15. The molecule has 0 unspecified atom stereocenters. The van der Waals surface area contributed by atoms with E-state index in [1.807, 2.05) is 0 Å². The lowest BCUT2D eigenvalue weighted by Gasteiger charge is -2.05. The summed E-state index contributed by atoms with van der Waals surface area (Å²) in [5, 5.41) is 23.1. The van der Waals surface area contributed by atoms with Crippen LogP contribution in [0.5, 0.6) is 0 Å². The van der Waals surface area contributed by atoms with Gasteiger partial charge in [-0.2, -0.15) is 0 Å². The first-order chi connectivity index (χ1) is 9.81. The molecule has 0 spiro atoms. The standard InChI is InChI=1S/C9H6N4O6S2/c14-12(15)6-1-2-8(7(5-6)13(16)17)21(18,19)11-9-10-3-4-20-9/h1-5H,(H,10,11). The molecule has 1 aromatic heterocycles. The summed E-state index contributed by atoms with van der Waals surface area (Å²) >= 11 is 0.987. The number of hydrogen-bond acceptors (Lipinski definition) is 8. The highest BCUT2D eigenvalue weighted by atomic mass is 32.2. The van der Waals surface area contributed by atoms with Gasteiger partial charge in [0.25, 0.3) is 21.4 Å². The number of nitrogens with one attached hydrogen (secondary N) is 1. The van der Waals surface area contributed by atoms with E-state index in [0.29, 0.717) is 6.07 Å². The van der Waals surface area contributed by atoms with E-state index in [9.17, 15) is 28.6 Å². The monoisotopic (exact) mass is 330 g/mol. The van der Waals surface area contributed by atoms with Crippen molar-refractivity contribution in [3.05, 3.63) is 50.0 Å². The van der Waals surface area contributed by atoms with Crippen LogP contribution in [0.3, 0.4) is 0 Å². The van der Waals surface area contributed by atoms with E-state index >= 15 is 0 Å². The van der Waals surface area contributed by atoms with Crippen molar-refractivity contribution in [2.75, 3.05) is 4.72 Å². The van der Waals surface area contributed by atoms with Crippen LogP contribution in [0.15, 0.2) is 34.7 Å². The smallest absolute Gasteiger partial charge is 0.258 e. The summed E-state index contributed by atoms with van der Waals surface area (Å²) in [6, 6.07) is 2.28. The van der Waals surface area contributed by atoms with Crippen molar-refractivity contribution in [2.45, 2.75) is 4.90 Å². The number of nitro benzene ring substituents is 2. The summed E-state index contributed by atoms with van der Waals surface area (Å²) in [5.74, 6) is 0. The van der Waals surface area contributed by atoms with Crippen LogP contribution in [-0.4, -0.2) is 23.2 Å². The van der Waals surface area contributed by atoms with Gasteiger partial charge >= 0.3 is 0 Å². The summed E-state index contributed by atoms with van der Waals surface area (Å²) in [6.07, 6.45) is 1.35. The highest BCUT2D eigenvalue weighted by Crippen LogP contribution is 2.29. The molecular formula is C9H6N4O6S2. The van der Waals surface area contributed by atoms with Gasteiger partial charge in [-0.15, -0.1) is 11.3 Å². The zero-order valence-corrected chi connectivity index (χ0v) is 11.6. The Morgan fingerprint density at radius 3 is 2.43 bits per heavy atom. The Kier molecular flexibility index (Phi) is 3.82. The number of anilines is 1. The van der Waals surface area contributed by atoms with E-state index in [2.05, 4.69) is 9.71 Å². The quantitative estimate of drug-likeness (QED) is 0.649. The van der Waals surface area contributed by atoms with E-state index in [1.54, 1.807) is 0 Å². The van der Waals surface area contributed by atoms with Crippen LogP contribution in [0.1, 0.15) is 0 Å². The highest BCUT2D eigenvalue weighted by Gasteiger charge is 2.29. The third kappa shape index (κ3) is 3.11. The molecule has 1 aromatic carbocycles. The van der Waals surface area contributed by atoms with Gasteiger partial charge in [-0.3, -0.25) is 25.0 Å². The summed E-state index contributed by atoms with van der Waals surface area (Å²) in [6.45, 7) is 0. The third-order valence-corrected chi connectivity index (χ3v) is 4.50. The van der Waals surface area contributed by atoms with Gasteiger partial charge in [0, 0.05) is 17.6 Å². The lowest BCUT2D eigenvalue weighted by atomic mass is 10.3. The zero-order valence-electron chi connectivity index (χ0n) is 9.99. The minimum absolute atomic E-state index is 0.0302. The molecule has 1 N–H and O–H groups in total. The molecular weight excluding hydrogens is 324 g/mol. The fourth-order valence-corrected chi connectivity index (χ4v) is 3.38. The maximum absolute atomic E-state index is 12.1. The summed E-state index contributed by atoms with van der Waals surface area (Å²) < 4.78 is 26.2. The van der Waals surface area contributed by atoms with E-state index in [1.165, 1.54) is 11.6 Å². The summed E-state index contributed by atoms with van der Waals surface area (Å²) in [5.41, 5.74) is -1.46. The Labute approximate surface area is 121 Å². The molecule has 0 amide bonds. The molecule has 0 aliphatic rings. The highest BCUT2D eigenvalue weighted by molar-refractivity contribution is 7.93. The van der Waals surface area contributed by atoms with Crippen molar-refractivity contribution < 1.29 is 18.3 Å². The van der Waals surface area contributed by atoms with Crippen LogP contribution in [0.2, 0.25) is 0 Å². The zero-order chi connectivity index (χ0) is 15.6. The molecule has 0 atom stereocenters. The molecule has 2 rings (SSSR count). The molecule has 0 aliphatic heterocycles. The Balaban J connectivity index is 2.52. The number of non-ortho nitro benzene ring substituents is 1. The van der Waals surface area contributed by atoms with E-state index in [4.69, 9.17) is 0 Å². The Hall–Kier alpha value is -2.60. The first-order valence-electron chi connectivity index (χ1n) is 5.16. The van der Waals surface area contributed by atoms with Crippen LogP contribution in [-0.2, 0) is 10.0 Å². The number of hydrogen-bond donors (Lipinski definition) is 1. The minimum Gasteiger partial charge on any atom is -0.258 e. The number of sulfonamides is 1. The maximum atomic E-state index is 12.1. The van der Waals surface area contributed by atoms with Gasteiger partial charge in [-0.1, -0.05) is 0 Å². The Bertz CT molecular complexity index is 802. The van der Waals surface area contributed by atoms with Crippen molar-refractivity contribution in [3.63, 3.8) is 0 Å². The van der Waals surface area contributed by atoms with E-state index in [0.717, 1.165) is 23.5 Å². The normalized spacial score (nSPS) is 11.0. The number of nitrogens with zero attached hydrogens (tertiary/aromatic N) is 3. The molecule has 0 saturated heterocycles. The number of thiazole rings is 1. The van der Waals surface area contributed by atoms with Gasteiger partial charge in [0.1, 0.15) is 0 Å². The SMILES string of the molecule is O=[N+]([O-])c1ccc(S(=O)(=O)Nc2nccs2)c([N+](=O)[O-])c1. The Morgan fingerprint density at radius 1 is 1.19 bits per heavy atom. The van der Waals surface area contributed by atoms with E-state index < -0.39 is 36.1 Å². The van der Waals surface area contributed by atoms with E-state index in [-0.39, 0.29) is 5.13 Å². The lowest BCUT2D eigenvalue weighted by molar-refractivity contribution is -0.396. The van der Waals surface area contributed by atoms with Gasteiger partial charge in [0.15, 0.2) is 10.0 Å². The van der Waals surface area contributed by atoms with Crippen LogP contribution in [0.25, 0.3) is 0 Å². The molecule has 2 aromatic rings. The fourth-order valence-electron chi connectivity index (χ4n) is 1.43. The topological polar surface area (TPSA) is 145 Å². The molecule has 0 bridgehead atoms. The Morgan fingerprint density at radius 2 is 1.90 bits per heavy atom. The molecule has 10 nitrogen and oxygen atoms in total. The first-order valence-corrected chi connectivity index (χ1v) is 7.52. The second-order valence-electron chi connectivity index (χ2n) is 3.61. The van der Waals surface area contributed by atoms with Gasteiger partial charge in [0.05, 0.1) is 15.9 Å². The third-order valence-electron chi connectivity index (χ3n) is 2.29. The summed E-state index contributed by atoms with van der Waals surface area (Å²) in [4.78, 5) is 22.7. The first kappa shape index (κ1) is 14.8. The van der Waals surface area contributed by atoms with Gasteiger partial charge in [-0.05, 0) is 6.07 Å². The van der Waals surface area contributed by atoms with Crippen LogP contribution < -0.4 is 4.72 Å². The molecule has 21 heavy (non-hydrogen) atoms. The molecule has 0 radical (unpaired) electrons. The average Bonchev–Trinajstić information content (AvgIpc) is 2.89. The van der Waals surface area contributed by atoms with Crippen molar-refractivity contribution in [1.82, 2.24) is 4.98 Å². The second kappa shape index (κ2) is 5.41. The van der Waals surface area contributed by atoms with Crippen LogP contribution in [0.4, 0.5) is 16.5 Å². The predicted molar refractivity (Wildman–Crippen MR) is 72.7 cm³/mol. The number of nitro groups is 2. The average molecular weight is 330 g/mol. The van der Waals surface area contributed by atoms with Crippen molar-refractivity contribution in [3.8, 4) is 0 Å². The summed E-state index contributed by atoms with van der Waals surface area (Å²) in [7, 11) is -4.27. The molecule has 12 heteroatoms. The van der Waals surface area contributed by atoms with Crippen LogP contribution >= 0.6 is 11.3 Å². The largest absolute Gasteiger partial charge is 0.296 e. The van der Waals surface area contributed by atoms with Gasteiger partial charge in [0.2, 0.25) is 0 Å². The van der Waals surface area contributed by atoms with Crippen molar-refractivity contribution in [2.24, 2.45) is 0 Å². The van der Waals surface area contributed by atoms with Gasteiger partial charge in [-0.25, -0.2) is 13.4 Å². The number of benzene rings is 1. The minimum atomic E-state index is -4.27. The number of rotatable bonds is 5. The lowest BCUT2D eigenvalue weighted by Crippen LogP contribution is -2.14. The number of aromatic nitrogens is 1. The molecule has 0 saturated carbocycles. The molecule has 110 valence electrons. The van der Waals surface area contributed by atoms with Crippen molar-refractivity contribution in [1.29, 1.82) is 0 Å². The molecule has 0 aliphatic carbocycles. The maximum Gasteiger partial charge on any atom is 0.296 e.